The van der Waals surface area contributed by atoms with E-state index in [4.69, 9.17) is 9.15 Å². The van der Waals surface area contributed by atoms with Crippen molar-refractivity contribution in [1.82, 2.24) is 20.4 Å². The Morgan fingerprint density at radius 1 is 1.32 bits per heavy atom. The van der Waals surface area contributed by atoms with Crippen molar-refractivity contribution in [2.45, 2.75) is 19.8 Å². The van der Waals surface area contributed by atoms with Crippen LogP contribution in [-0.2, 0) is 0 Å². The van der Waals surface area contributed by atoms with Crippen LogP contribution < -0.4 is 15.4 Å². The summed E-state index contributed by atoms with van der Waals surface area (Å²) in [5.74, 6) is 1.45. The average Bonchev–Trinajstić information content (AvgIpc) is 3.26. The van der Waals surface area contributed by atoms with Crippen LogP contribution in [0.5, 0.6) is 5.75 Å². The molecule has 1 saturated heterocycles. The first-order valence-electron chi connectivity index (χ1n) is 8.41. The van der Waals surface area contributed by atoms with E-state index in [0.29, 0.717) is 35.3 Å². The van der Waals surface area contributed by atoms with Crippen molar-refractivity contribution < 1.29 is 13.9 Å². The van der Waals surface area contributed by atoms with Crippen LogP contribution in [-0.4, -0.2) is 54.4 Å². The SMILES string of the molecule is COc1ccc(-c2nnc(C)o2)cc1NC(=O)NCCN1CCCC1. The standard InChI is InChI=1S/C17H23N5O3/c1-12-20-21-16(25-12)13-5-6-15(24-2)14(11-13)19-17(23)18-7-10-22-8-3-4-9-22/h5-6,11H,3-4,7-10H2,1-2H3,(H2,18,19,23). The second-order valence-corrected chi connectivity index (χ2v) is 5.97. The first-order chi connectivity index (χ1) is 12.2. The zero-order valence-corrected chi connectivity index (χ0v) is 14.5. The molecule has 0 spiro atoms. The van der Waals surface area contributed by atoms with Crippen LogP contribution in [0.2, 0.25) is 0 Å². The third-order valence-electron chi connectivity index (χ3n) is 4.13. The Kier molecular flexibility index (Phi) is 5.49. The molecule has 0 bridgehead atoms. The Labute approximate surface area is 146 Å². The van der Waals surface area contributed by atoms with Gasteiger partial charge in [-0.15, -0.1) is 10.2 Å². The third kappa shape index (κ3) is 4.48. The molecule has 1 aromatic carbocycles. The smallest absolute Gasteiger partial charge is 0.319 e. The molecule has 0 radical (unpaired) electrons. The predicted octanol–water partition coefficient (Wildman–Crippen LogP) is 2.27. The number of hydrogen-bond acceptors (Lipinski definition) is 6. The fraction of sp³-hybridized carbons (Fsp3) is 0.471. The molecular formula is C17H23N5O3. The summed E-state index contributed by atoms with van der Waals surface area (Å²) in [5, 5.41) is 13.5. The maximum atomic E-state index is 12.2. The predicted molar refractivity (Wildman–Crippen MR) is 93.7 cm³/mol. The van der Waals surface area contributed by atoms with Crippen LogP contribution in [0, 0.1) is 6.92 Å². The minimum absolute atomic E-state index is 0.267. The summed E-state index contributed by atoms with van der Waals surface area (Å²) in [7, 11) is 1.56. The minimum Gasteiger partial charge on any atom is -0.495 e. The Morgan fingerprint density at radius 3 is 2.80 bits per heavy atom. The molecule has 2 N–H and O–H groups in total. The molecular weight excluding hydrogens is 322 g/mol. The number of nitrogens with one attached hydrogen (secondary N) is 2. The van der Waals surface area contributed by atoms with E-state index in [0.717, 1.165) is 19.6 Å². The molecule has 3 rings (SSSR count). The zero-order chi connectivity index (χ0) is 17.6. The van der Waals surface area contributed by atoms with Gasteiger partial charge in [-0.1, -0.05) is 0 Å². The number of aromatic nitrogens is 2. The minimum atomic E-state index is -0.267. The van der Waals surface area contributed by atoms with E-state index in [1.807, 2.05) is 6.07 Å². The van der Waals surface area contributed by atoms with Gasteiger partial charge in [0.05, 0.1) is 12.8 Å². The number of amides is 2. The largest absolute Gasteiger partial charge is 0.495 e. The summed E-state index contributed by atoms with van der Waals surface area (Å²) in [4.78, 5) is 14.5. The number of aryl methyl sites for hydroxylation is 1. The highest BCUT2D eigenvalue weighted by Crippen LogP contribution is 2.30. The van der Waals surface area contributed by atoms with E-state index in [9.17, 15) is 4.79 Å². The van der Waals surface area contributed by atoms with Gasteiger partial charge in [0.1, 0.15) is 5.75 Å². The van der Waals surface area contributed by atoms with E-state index in [1.165, 1.54) is 12.8 Å². The molecule has 1 aliphatic rings. The molecule has 8 heteroatoms. The molecule has 1 aliphatic heterocycles. The molecule has 2 aromatic rings. The molecule has 134 valence electrons. The molecule has 25 heavy (non-hydrogen) atoms. The Balaban J connectivity index is 1.62. The van der Waals surface area contributed by atoms with E-state index >= 15 is 0 Å². The fourth-order valence-corrected chi connectivity index (χ4v) is 2.85. The van der Waals surface area contributed by atoms with Crippen molar-refractivity contribution in [2.75, 3.05) is 38.6 Å². The maximum Gasteiger partial charge on any atom is 0.319 e. The number of hydrogen-bond donors (Lipinski definition) is 2. The highest BCUT2D eigenvalue weighted by molar-refractivity contribution is 5.91. The average molecular weight is 345 g/mol. The van der Waals surface area contributed by atoms with E-state index in [1.54, 1.807) is 26.2 Å². The number of likely N-dealkylation sites (tertiary alicyclic amines) is 1. The lowest BCUT2D eigenvalue weighted by molar-refractivity contribution is 0.249. The highest BCUT2D eigenvalue weighted by Gasteiger charge is 2.14. The molecule has 0 atom stereocenters. The maximum absolute atomic E-state index is 12.2. The van der Waals surface area contributed by atoms with Gasteiger partial charge in [-0.05, 0) is 44.1 Å². The normalized spacial score (nSPS) is 14.5. The Bertz CT molecular complexity index is 725. The second kappa shape index (κ2) is 7.98. The van der Waals surface area contributed by atoms with Crippen LogP contribution in [0.4, 0.5) is 10.5 Å². The summed E-state index contributed by atoms with van der Waals surface area (Å²) in [6.07, 6.45) is 2.48. The number of carbonyl (C=O) groups is 1. The van der Waals surface area contributed by atoms with E-state index in [2.05, 4.69) is 25.7 Å². The first kappa shape index (κ1) is 17.2. The van der Waals surface area contributed by atoms with Gasteiger partial charge in [0.25, 0.3) is 0 Å². The molecule has 0 unspecified atom stereocenters. The van der Waals surface area contributed by atoms with Gasteiger partial charge in [0.15, 0.2) is 0 Å². The van der Waals surface area contributed by atoms with Crippen LogP contribution in [0.15, 0.2) is 22.6 Å². The van der Waals surface area contributed by atoms with Crippen LogP contribution in [0.3, 0.4) is 0 Å². The van der Waals surface area contributed by atoms with E-state index in [-0.39, 0.29) is 6.03 Å². The third-order valence-corrected chi connectivity index (χ3v) is 4.13. The van der Waals surface area contributed by atoms with Crippen LogP contribution >= 0.6 is 0 Å². The monoisotopic (exact) mass is 345 g/mol. The molecule has 1 fully saturated rings. The topological polar surface area (TPSA) is 92.5 Å². The summed E-state index contributed by atoms with van der Waals surface area (Å²) >= 11 is 0. The second-order valence-electron chi connectivity index (χ2n) is 5.97. The number of anilines is 1. The van der Waals surface area contributed by atoms with Crippen LogP contribution in [0.1, 0.15) is 18.7 Å². The van der Waals surface area contributed by atoms with Crippen LogP contribution in [0.25, 0.3) is 11.5 Å². The number of nitrogens with zero attached hydrogens (tertiary/aromatic N) is 3. The molecule has 0 aliphatic carbocycles. The highest BCUT2D eigenvalue weighted by atomic mass is 16.5. The zero-order valence-electron chi connectivity index (χ0n) is 14.5. The van der Waals surface area contributed by atoms with Crippen molar-refractivity contribution in [3.8, 4) is 17.2 Å². The van der Waals surface area contributed by atoms with Crippen molar-refractivity contribution in [3.05, 3.63) is 24.1 Å². The molecule has 8 nitrogen and oxygen atoms in total. The van der Waals surface area contributed by atoms with Crippen molar-refractivity contribution in [2.24, 2.45) is 0 Å². The number of urea groups is 1. The number of ether oxygens (including phenoxy) is 1. The summed E-state index contributed by atoms with van der Waals surface area (Å²) in [5.41, 5.74) is 1.27. The van der Waals surface area contributed by atoms with Gasteiger partial charge in [-0.25, -0.2) is 4.79 Å². The number of carbonyl (C=O) groups excluding carboxylic acids is 1. The van der Waals surface area contributed by atoms with Gasteiger partial charge >= 0.3 is 6.03 Å². The first-order valence-corrected chi connectivity index (χ1v) is 8.41. The fourth-order valence-electron chi connectivity index (χ4n) is 2.85. The van der Waals surface area contributed by atoms with Gasteiger partial charge in [-0.3, -0.25) is 0 Å². The van der Waals surface area contributed by atoms with Gasteiger partial charge in [0.2, 0.25) is 11.8 Å². The molecule has 2 heterocycles. The molecule has 2 amide bonds. The molecule has 1 aromatic heterocycles. The van der Waals surface area contributed by atoms with Crippen molar-refractivity contribution in [3.63, 3.8) is 0 Å². The van der Waals surface area contributed by atoms with E-state index < -0.39 is 0 Å². The lowest BCUT2D eigenvalue weighted by atomic mass is 10.2. The van der Waals surface area contributed by atoms with Crippen molar-refractivity contribution in [1.29, 1.82) is 0 Å². The quantitative estimate of drug-likeness (QED) is 0.834. The Morgan fingerprint density at radius 2 is 2.12 bits per heavy atom. The summed E-state index contributed by atoms with van der Waals surface area (Å²) in [6.45, 7) is 5.43. The summed E-state index contributed by atoms with van der Waals surface area (Å²) in [6, 6.07) is 5.05. The summed E-state index contributed by atoms with van der Waals surface area (Å²) < 4.78 is 10.7. The van der Waals surface area contributed by atoms with Gasteiger partial charge < -0.3 is 24.7 Å². The number of methoxy groups -OCH3 is 1. The molecule has 0 saturated carbocycles. The lowest BCUT2D eigenvalue weighted by Gasteiger charge is -2.16. The lowest BCUT2D eigenvalue weighted by Crippen LogP contribution is -2.36. The van der Waals surface area contributed by atoms with Crippen molar-refractivity contribution >= 4 is 11.7 Å². The number of rotatable bonds is 6. The Hall–Kier alpha value is -2.61. The van der Waals surface area contributed by atoms with Gasteiger partial charge in [-0.2, -0.15) is 0 Å². The van der Waals surface area contributed by atoms with Gasteiger partial charge in [0, 0.05) is 25.6 Å². The number of benzene rings is 1.